The Hall–Kier alpha value is -1.89. The molecule has 1 aromatic rings. The highest BCUT2D eigenvalue weighted by Gasteiger charge is 2.34. The molecule has 0 aliphatic carbocycles. The van der Waals surface area contributed by atoms with Gasteiger partial charge in [0.1, 0.15) is 13.1 Å². The maximum atomic E-state index is 11.9. The van der Waals surface area contributed by atoms with Crippen molar-refractivity contribution in [1.29, 1.82) is 0 Å². The van der Waals surface area contributed by atoms with Crippen LogP contribution in [0.15, 0.2) is 22.7 Å². The van der Waals surface area contributed by atoms with Crippen LogP contribution >= 0.6 is 15.9 Å². The third-order valence-electron chi connectivity index (χ3n) is 3.00. The molecule has 0 saturated carbocycles. The van der Waals surface area contributed by atoms with Crippen LogP contribution in [0.2, 0.25) is 0 Å². The first-order chi connectivity index (χ1) is 9.38. The van der Waals surface area contributed by atoms with Gasteiger partial charge in [0.2, 0.25) is 5.91 Å². The van der Waals surface area contributed by atoms with Gasteiger partial charge in [0, 0.05) is 17.2 Å². The fourth-order valence-electron chi connectivity index (χ4n) is 1.93. The zero-order valence-corrected chi connectivity index (χ0v) is 12.7. The first-order valence-electron chi connectivity index (χ1n) is 6.00. The number of imide groups is 1. The lowest BCUT2D eigenvalue weighted by molar-refractivity contribution is -0.129. The van der Waals surface area contributed by atoms with E-state index in [9.17, 15) is 14.4 Å². The summed E-state index contributed by atoms with van der Waals surface area (Å²) in [5, 5.41) is 2.70. The zero-order valence-electron chi connectivity index (χ0n) is 11.1. The van der Waals surface area contributed by atoms with E-state index < -0.39 is 11.9 Å². The Morgan fingerprint density at radius 1 is 1.40 bits per heavy atom. The summed E-state index contributed by atoms with van der Waals surface area (Å²) < 4.78 is 0.916. The highest BCUT2D eigenvalue weighted by Crippen LogP contribution is 2.20. The number of anilines is 1. The number of likely N-dealkylation sites (N-methyl/N-ethyl adjacent to an activating group) is 1. The maximum absolute atomic E-state index is 11.9. The van der Waals surface area contributed by atoms with Gasteiger partial charge >= 0.3 is 6.03 Å². The molecular formula is C13H14BrN3O3. The SMILES string of the molecule is Cc1cc(Br)ccc1NC(=O)CN1C(=O)CN(C)C1=O. The van der Waals surface area contributed by atoms with Gasteiger partial charge < -0.3 is 10.2 Å². The number of benzene rings is 1. The van der Waals surface area contributed by atoms with Crippen LogP contribution < -0.4 is 5.32 Å². The predicted molar refractivity (Wildman–Crippen MR) is 77.2 cm³/mol. The molecule has 7 heteroatoms. The lowest BCUT2D eigenvalue weighted by atomic mass is 10.2. The van der Waals surface area contributed by atoms with E-state index in [-0.39, 0.29) is 19.0 Å². The molecule has 1 aromatic carbocycles. The smallest absolute Gasteiger partial charge is 0.324 e. The minimum absolute atomic E-state index is 0.0173. The largest absolute Gasteiger partial charge is 0.327 e. The average Bonchev–Trinajstić information content (AvgIpc) is 2.60. The Balaban J connectivity index is 2.03. The summed E-state index contributed by atoms with van der Waals surface area (Å²) in [6, 6.07) is 4.99. The van der Waals surface area contributed by atoms with Crippen molar-refractivity contribution >= 4 is 39.5 Å². The van der Waals surface area contributed by atoms with E-state index in [4.69, 9.17) is 0 Å². The number of rotatable bonds is 3. The van der Waals surface area contributed by atoms with Crippen LogP contribution in [0.3, 0.4) is 0 Å². The van der Waals surface area contributed by atoms with E-state index in [1.54, 1.807) is 6.07 Å². The van der Waals surface area contributed by atoms with Crippen LogP contribution in [0.25, 0.3) is 0 Å². The maximum Gasteiger partial charge on any atom is 0.327 e. The van der Waals surface area contributed by atoms with Crippen molar-refractivity contribution < 1.29 is 14.4 Å². The summed E-state index contributed by atoms with van der Waals surface area (Å²) >= 11 is 3.34. The van der Waals surface area contributed by atoms with Gasteiger partial charge in [-0.25, -0.2) is 4.79 Å². The molecule has 1 heterocycles. The summed E-state index contributed by atoms with van der Waals surface area (Å²) in [4.78, 5) is 37.4. The van der Waals surface area contributed by atoms with Gasteiger partial charge in [0.25, 0.3) is 5.91 Å². The van der Waals surface area contributed by atoms with Crippen molar-refractivity contribution in [2.75, 3.05) is 25.5 Å². The molecule has 0 radical (unpaired) electrons. The second kappa shape index (κ2) is 5.62. The van der Waals surface area contributed by atoms with Gasteiger partial charge in [0.05, 0.1) is 0 Å². The molecule has 6 nitrogen and oxygen atoms in total. The van der Waals surface area contributed by atoms with Crippen LogP contribution in [-0.4, -0.2) is 47.8 Å². The normalized spacial score (nSPS) is 14.9. The molecule has 106 valence electrons. The van der Waals surface area contributed by atoms with Gasteiger partial charge in [-0.1, -0.05) is 15.9 Å². The van der Waals surface area contributed by atoms with Crippen LogP contribution in [0.5, 0.6) is 0 Å². The van der Waals surface area contributed by atoms with Crippen molar-refractivity contribution in [2.45, 2.75) is 6.92 Å². The average molecular weight is 340 g/mol. The summed E-state index contributed by atoms with van der Waals surface area (Å²) in [7, 11) is 1.52. The summed E-state index contributed by atoms with van der Waals surface area (Å²) in [6.07, 6.45) is 0. The quantitative estimate of drug-likeness (QED) is 0.850. The van der Waals surface area contributed by atoms with E-state index in [2.05, 4.69) is 21.2 Å². The number of nitrogens with one attached hydrogen (secondary N) is 1. The standard InChI is InChI=1S/C13H14BrN3O3/c1-8-5-9(14)3-4-10(8)15-11(18)6-17-12(19)7-16(2)13(17)20/h3-5H,6-7H2,1-2H3,(H,15,18). The molecule has 0 atom stereocenters. The predicted octanol–water partition coefficient (Wildman–Crippen LogP) is 1.59. The number of halogens is 1. The monoisotopic (exact) mass is 339 g/mol. The highest BCUT2D eigenvalue weighted by atomic mass is 79.9. The molecule has 1 aliphatic rings. The molecule has 1 saturated heterocycles. The van der Waals surface area contributed by atoms with Crippen molar-refractivity contribution in [3.05, 3.63) is 28.2 Å². The van der Waals surface area contributed by atoms with Crippen molar-refractivity contribution in [2.24, 2.45) is 0 Å². The molecule has 2 rings (SSSR count). The van der Waals surface area contributed by atoms with Crippen LogP contribution in [-0.2, 0) is 9.59 Å². The van der Waals surface area contributed by atoms with Crippen molar-refractivity contribution in [1.82, 2.24) is 9.80 Å². The van der Waals surface area contributed by atoms with Crippen LogP contribution in [0, 0.1) is 6.92 Å². The number of urea groups is 1. The topological polar surface area (TPSA) is 69.7 Å². The molecule has 0 spiro atoms. The fourth-order valence-corrected chi connectivity index (χ4v) is 2.40. The number of carbonyl (C=O) groups is 3. The van der Waals surface area contributed by atoms with Crippen LogP contribution in [0.1, 0.15) is 5.56 Å². The molecule has 0 aromatic heterocycles. The van der Waals surface area contributed by atoms with Gasteiger partial charge in [-0.2, -0.15) is 0 Å². The Morgan fingerprint density at radius 3 is 2.65 bits per heavy atom. The van der Waals surface area contributed by atoms with E-state index in [0.717, 1.165) is 14.9 Å². The van der Waals surface area contributed by atoms with E-state index in [1.165, 1.54) is 11.9 Å². The Kier molecular flexibility index (Phi) is 4.08. The number of aryl methyl sites for hydroxylation is 1. The van der Waals surface area contributed by atoms with Gasteiger partial charge in [-0.05, 0) is 30.7 Å². The lowest BCUT2D eigenvalue weighted by Crippen LogP contribution is -2.38. The third-order valence-corrected chi connectivity index (χ3v) is 3.49. The molecule has 20 heavy (non-hydrogen) atoms. The second-order valence-electron chi connectivity index (χ2n) is 4.63. The fraction of sp³-hybridized carbons (Fsp3) is 0.308. The van der Waals surface area contributed by atoms with Crippen molar-refractivity contribution in [3.8, 4) is 0 Å². The van der Waals surface area contributed by atoms with E-state index >= 15 is 0 Å². The van der Waals surface area contributed by atoms with Gasteiger partial charge in [-0.15, -0.1) is 0 Å². The molecule has 1 aliphatic heterocycles. The summed E-state index contributed by atoms with van der Waals surface area (Å²) in [5.41, 5.74) is 1.55. The van der Waals surface area contributed by atoms with E-state index in [0.29, 0.717) is 5.69 Å². The minimum atomic E-state index is -0.447. The minimum Gasteiger partial charge on any atom is -0.324 e. The molecule has 1 N–H and O–H groups in total. The molecule has 1 fully saturated rings. The number of carbonyl (C=O) groups excluding carboxylic acids is 3. The Bertz CT molecular complexity index is 588. The number of hydrogen-bond acceptors (Lipinski definition) is 3. The Labute approximate surface area is 124 Å². The molecular weight excluding hydrogens is 326 g/mol. The second-order valence-corrected chi connectivity index (χ2v) is 5.54. The van der Waals surface area contributed by atoms with E-state index in [1.807, 2.05) is 19.1 Å². The summed E-state index contributed by atoms with van der Waals surface area (Å²) in [6.45, 7) is 1.61. The molecule has 0 bridgehead atoms. The summed E-state index contributed by atoms with van der Waals surface area (Å²) in [5.74, 6) is -0.757. The van der Waals surface area contributed by atoms with Crippen LogP contribution in [0.4, 0.5) is 10.5 Å². The molecule has 0 unspecified atom stereocenters. The molecule has 4 amide bonds. The zero-order chi connectivity index (χ0) is 14.9. The van der Waals surface area contributed by atoms with Gasteiger partial charge in [-0.3, -0.25) is 14.5 Å². The van der Waals surface area contributed by atoms with Gasteiger partial charge in [0.15, 0.2) is 0 Å². The lowest BCUT2D eigenvalue weighted by Gasteiger charge is -2.14. The number of nitrogens with zero attached hydrogens (tertiary/aromatic N) is 2. The number of amides is 4. The van der Waals surface area contributed by atoms with Crippen molar-refractivity contribution in [3.63, 3.8) is 0 Å². The third kappa shape index (κ3) is 2.98. The highest BCUT2D eigenvalue weighted by molar-refractivity contribution is 9.10. The first-order valence-corrected chi connectivity index (χ1v) is 6.79. The number of hydrogen-bond donors (Lipinski definition) is 1. The Morgan fingerprint density at radius 2 is 2.10 bits per heavy atom. The first kappa shape index (κ1) is 14.5.